The Morgan fingerprint density at radius 3 is 2.92 bits per heavy atom. The average molecular weight is 367 g/mol. The number of methoxy groups -OCH3 is 1. The molecule has 5 nitrogen and oxygen atoms in total. The number of aryl methyl sites for hydroxylation is 3. The van der Waals surface area contributed by atoms with Crippen LogP contribution in [-0.2, 0) is 11.2 Å². The average Bonchev–Trinajstić information content (AvgIpc) is 2.64. The minimum atomic E-state index is 0.0333. The second kappa shape index (κ2) is 7.79. The number of pyridine rings is 1. The molecule has 0 N–H and O–H groups in total. The Bertz CT molecular complexity index is 889. The highest BCUT2D eigenvalue weighted by molar-refractivity contribution is 8.00. The first-order chi connectivity index (χ1) is 12.5. The summed E-state index contributed by atoms with van der Waals surface area (Å²) in [6.07, 6.45) is 1.88. The highest BCUT2D eigenvalue weighted by Crippen LogP contribution is 2.32. The maximum atomic E-state index is 12.8. The molecule has 26 heavy (non-hydrogen) atoms. The zero-order valence-corrected chi connectivity index (χ0v) is 16.0. The first-order valence-electron chi connectivity index (χ1n) is 8.52. The molecule has 6 heteroatoms. The van der Waals surface area contributed by atoms with Gasteiger partial charge in [-0.25, -0.2) is 4.98 Å². The minimum Gasteiger partial charge on any atom is -0.497 e. The first kappa shape index (κ1) is 18.3. The van der Waals surface area contributed by atoms with E-state index in [1.807, 2.05) is 43.0 Å². The van der Waals surface area contributed by atoms with E-state index in [4.69, 9.17) is 4.74 Å². The summed E-state index contributed by atoms with van der Waals surface area (Å²) in [5.74, 6) is 1.10. The van der Waals surface area contributed by atoms with Crippen molar-refractivity contribution < 1.29 is 9.53 Å². The van der Waals surface area contributed by atoms with Crippen LogP contribution in [0.2, 0.25) is 0 Å². The molecule has 0 saturated carbocycles. The number of nitriles is 1. The molecule has 1 aromatic carbocycles. The number of rotatable bonds is 4. The number of nitrogens with zero attached hydrogens (tertiary/aromatic N) is 3. The molecule has 0 saturated heterocycles. The van der Waals surface area contributed by atoms with Gasteiger partial charge in [-0.2, -0.15) is 5.26 Å². The van der Waals surface area contributed by atoms with E-state index in [0.29, 0.717) is 17.1 Å². The number of thioether (sulfide) groups is 1. The molecule has 2 aromatic rings. The maximum absolute atomic E-state index is 12.8. The van der Waals surface area contributed by atoms with Crippen LogP contribution >= 0.6 is 11.8 Å². The quantitative estimate of drug-likeness (QED) is 0.772. The number of aromatic nitrogens is 1. The number of anilines is 1. The molecule has 0 fully saturated rings. The second-order valence-electron chi connectivity index (χ2n) is 6.30. The number of carbonyl (C=O) groups is 1. The van der Waals surface area contributed by atoms with Crippen LogP contribution in [0.3, 0.4) is 0 Å². The van der Waals surface area contributed by atoms with E-state index in [1.165, 1.54) is 11.8 Å². The van der Waals surface area contributed by atoms with Crippen molar-refractivity contribution in [3.63, 3.8) is 0 Å². The van der Waals surface area contributed by atoms with Gasteiger partial charge in [0.1, 0.15) is 16.8 Å². The summed E-state index contributed by atoms with van der Waals surface area (Å²) in [5, 5.41) is 10.0. The number of amides is 1. The zero-order chi connectivity index (χ0) is 18.7. The van der Waals surface area contributed by atoms with Gasteiger partial charge in [-0.1, -0.05) is 11.8 Å². The standard InChI is InChI=1S/C20H21N3O2S/c1-13-9-14(2)22-20(17(13)11-21)26-12-19(24)23-8-4-5-15-10-16(25-3)6-7-18(15)23/h6-7,9-10H,4-5,8,12H2,1-3H3. The minimum absolute atomic E-state index is 0.0333. The van der Waals surface area contributed by atoms with E-state index >= 15 is 0 Å². The molecule has 0 atom stereocenters. The van der Waals surface area contributed by atoms with Crippen LogP contribution < -0.4 is 9.64 Å². The van der Waals surface area contributed by atoms with Crippen LogP contribution in [0.4, 0.5) is 5.69 Å². The van der Waals surface area contributed by atoms with Gasteiger partial charge in [0.25, 0.3) is 0 Å². The molecule has 2 heterocycles. The Balaban J connectivity index is 1.78. The third kappa shape index (κ3) is 3.68. The van der Waals surface area contributed by atoms with E-state index in [-0.39, 0.29) is 11.7 Å². The molecule has 0 spiro atoms. The van der Waals surface area contributed by atoms with Gasteiger partial charge >= 0.3 is 0 Å². The molecule has 0 aliphatic carbocycles. The Kier molecular flexibility index (Phi) is 5.48. The van der Waals surface area contributed by atoms with Gasteiger partial charge in [0.05, 0.1) is 18.4 Å². The topological polar surface area (TPSA) is 66.2 Å². The van der Waals surface area contributed by atoms with E-state index < -0.39 is 0 Å². The van der Waals surface area contributed by atoms with Gasteiger partial charge in [-0.15, -0.1) is 0 Å². The Labute approximate surface area is 158 Å². The number of hydrogen-bond acceptors (Lipinski definition) is 5. The molecule has 0 radical (unpaired) electrons. The monoisotopic (exact) mass is 367 g/mol. The number of fused-ring (bicyclic) bond motifs is 1. The lowest BCUT2D eigenvalue weighted by atomic mass is 10.0. The Morgan fingerprint density at radius 2 is 2.19 bits per heavy atom. The van der Waals surface area contributed by atoms with Crippen molar-refractivity contribution in [2.75, 3.05) is 24.3 Å². The van der Waals surface area contributed by atoms with Gasteiger partial charge in [0.15, 0.2) is 0 Å². The third-order valence-corrected chi connectivity index (χ3v) is 5.42. The third-order valence-electron chi connectivity index (χ3n) is 4.46. The lowest BCUT2D eigenvalue weighted by Gasteiger charge is -2.29. The van der Waals surface area contributed by atoms with Crippen molar-refractivity contribution in [1.29, 1.82) is 5.26 Å². The molecule has 0 unspecified atom stereocenters. The van der Waals surface area contributed by atoms with Crippen molar-refractivity contribution in [3.8, 4) is 11.8 Å². The van der Waals surface area contributed by atoms with Crippen molar-refractivity contribution >= 4 is 23.4 Å². The van der Waals surface area contributed by atoms with Crippen molar-refractivity contribution in [2.24, 2.45) is 0 Å². The summed E-state index contributed by atoms with van der Waals surface area (Å²) >= 11 is 1.33. The normalized spacial score (nSPS) is 13.1. The van der Waals surface area contributed by atoms with Gasteiger partial charge in [0, 0.05) is 17.9 Å². The number of ether oxygens (including phenoxy) is 1. The molecule has 134 valence electrons. The van der Waals surface area contributed by atoms with Crippen LogP contribution in [0, 0.1) is 25.2 Å². The van der Waals surface area contributed by atoms with E-state index in [0.717, 1.165) is 41.1 Å². The predicted octanol–water partition coefficient (Wildman–Crippen LogP) is 3.65. The number of benzene rings is 1. The molecular weight excluding hydrogens is 346 g/mol. The summed E-state index contributed by atoms with van der Waals surface area (Å²) in [6.45, 7) is 4.51. The van der Waals surface area contributed by atoms with Crippen LogP contribution in [0.15, 0.2) is 29.3 Å². The van der Waals surface area contributed by atoms with Crippen molar-refractivity contribution in [3.05, 3.63) is 46.6 Å². The summed E-state index contributed by atoms with van der Waals surface area (Å²) < 4.78 is 5.28. The molecule has 3 rings (SSSR count). The zero-order valence-electron chi connectivity index (χ0n) is 15.2. The molecule has 0 bridgehead atoms. The van der Waals surface area contributed by atoms with Crippen LogP contribution in [0.1, 0.15) is 28.8 Å². The lowest BCUT2D eigenvalue weighted by Crippen LogP contribution is -2.36. The first-order valence-corrected chi connectivity index (χ1v) is 9.50. The Morgan fingerprint density at radius 1 is 1.38 bits per heavy atom. The highest BCUT2D eigenvalue weighted by atomic mass is 32.2. The van der Waals surface area contributed by atoms with Gasteiger partial charge in [0.2, 0.25) is 5.91 Å². The lowest BCUT2D eigenvalue weighted by molar-refractivity contribution is -0.116. The van der Waals surface area contributed by atoms with E-state index in [9.17, 15) is 10.1 Å². The summed E-state index contributed by atoms with van der Waals surface area (Å²) in [7, 11) is 1.65. The maximum Gasteiger partial charge on any atom is 0.237 e. The smallest absolute Gasteiger partial charge is 0.237 e. The summed E-state index contributed by atoms with van der Waals surface area (Å²) in [4.78, 5) is 19.1. The SMILES string of the molecule is COc1ccc2c(c1)CCCN2C(=O)CSc1nc(C)cc(C)c1C#N. The van der Waals surface area contributed by atoms with E-state index in [2.05, 4.69) is 11.1 Å². The second-order valence-corrected chi connectivity index (χ2v) is 7.27. The fourth-order valence-electron chi connectivity index (χ4n) is 3.21. The van der Waals surface area contributed by atoms with Gasteiger partial charge in [-0.3, -0.25) is 4.79 Å². The highest BCUT2D eigenvalue weighted by Gasteiger charge is 2.23. The predicted molar refractivity (Wildman–Crippen MR) is 103 cm³/mol. The molecule has 1 aromatic heterocycles. The largest absolute Gasteiger partial charge is 0.497 e. The molecule has 1 aliphatic heterocycles. The van der Waals surface area contributed by atoms with Gasteiger partial charge < -0.3 is 9.64 Å². The van der Waals surface area contributed by atoms with E-state index in [1.54, 1.807) is 7.11 Å². The van der Waals surface area contributed by atoms with Crippen molar-refractivity contribution in [1.82, 2.24) is 4.98 Å². The van der Waals surface area contributed by atoms with Crippen LogP contribution in [0.5, 0.6) is 5.75 Å². The van der Waals surface area contributed by atoms with Gasteiger partial charge in [-0.05, 0) is 62.1 Å². The molecule has 1 aliphatic rings. The van der Waals surface area contributed by atoms with Crippen molar-refractivity contribution in [2.45, 2.75) is 31.7 Å². The fourth-order valence-corrected chi connectivity index (χ4v) is 4.19. The number of carbonyl (C=O) groups excluding carboxylic acids is 1. The fraction of sp³-hybridized carbons (Fsp3) is 0.350. The van der Waals surface area contributed by atoms with Crippen LogP contribution in [-0.4, -0.2) is 30.3 Å². The summed E-state index contributed by atoms with van der Waals surface area (Å²) in [6, 6.07) is 9.93. The molecule has 1 amide bonds. The Hall–Kier alpha value is -2.52. The van der Waals surface area contributed by atoms with Crippen LogP contribution in [0.25, 0.3) is 0 Å². The molecular formula is C20H21N3O2S. The summed E-state index contributed by atoms with van der Waals surface area (Å²) in [5.41, 5.74) is 4.39. The number of hydrogen-bond donors (Lipinski definition) is 0.